The minimum atomic E-state index is -0.0507. The first-order valence-electron chi connectivity index (χ1n) is 19.1. The van der Waals surface area contributed by atoms with Crippen molar-refractivity contribution in [1.82, 2.24) is 4.48 Å². The molecule has 3 aromatic heterocycles. The fourth-order valence-electron chi connectivity index (χ4n) is 10.5. The van der Waals surface area contributed by atoms with Crippen LogP contribution >= 0.6 is 11.3 Å². The highest BCUT2D eigenvalue weighted by Gasteiger charge is 2.45. The number of anilines is 3. The molecule has 0 spiro atoms. The average Bonchev–Trinajstić information content (AvgIpc) is 3.80. The van der Waals surface area contributed by atoms with Gasteiger partial charge >= 0.3 is 6.85 Å². The van der Waals surface area contributed by atoms with E-state index in [9.17, 15) is 0 Å². The van der Waals surface area contributed by atoms with Crippen molar-refractivity contribution in [2.75, 3.05) is 4.90 Å². The van der Waals surface area contributed by atoms with E-state index < -0.39 is 0 Å². The van der Waals surface area contributed by atoms with Crippen molar-refractivity contribution in [1.29, 1.82) is 0 Å². The van der Waals surface area contributed by atoms with Gasteiger partial charge in [0.2, 0.25) is 0 Å². The minimum absolute atomic E-state index is 0.0507. The van der Waals surface area contributed by atoms with Gasteiger partial charge in [-0.15, -0.1) is 11.3 Å². The molecule has 0 fully saturated rings. The van der Waals surface area contributed by atoms with Gasteiger partial charge in [0.05, 0.1) is 5.39 Å². The number of fused-ring (bicyclic) bond motifs is 13. The van der Waals surface area contributed by atoms with Crippen LogP contribution < -0.4 is 15.8 Å². The van der Waals surface area contributed by atoms with E-state index in [-0.39, 0.29) is 17.7 Å². The van der Waals surface area contributed by atoms with Crippen molar-refractivity contribution < 1.29 is 4.42 Å². The summed E-state index contributed by atoms with van der Waals surface area (Å²) in [4.78, 5) is 2.64. The van der Waals surface area contributed by atoms with Crippen LogP contribution in [-0.2, 0) is 10.8 Å². The quantitative estimate of drug-likeness (QED) is 0.159. The molecule has 0 unspecified atom stereocenters. The summed E-state index contributed by atoms with van der Waals surface area (Å²) in [5.41, 5.74) is 18.1. The SMILES string of the molecule is Cc1cc2c3c(c1)N(c1cc4c(cc1C)C(C)(C)CCC4(C)C)c1cc4c(cc1B3n1c3oc5ccccc5c3c3cccc-2c31)sc1ccccc14. The second-order valence-corrected chi connectivity index (χ2v) is 18.4. The van der Waals surface area contributed by atoms with Gasteiger partial charge in [-0.2, -0.15) is 0 Å². The molecule has 2 aliphatic heterocycles. The van der Waals surface area contributed by atoms with Crippen LogP contribution in [0.25, 0.3) is 64.3 Å². The Hall–Kier alpha value is -5.26. The van der Waals surface area contributed by atoms with E-state index in [0.717, 1.165) is 11.3 Å². The Labute approximate surface area is 313 Å². The van der Waals surface area contributed by atoms with E-state index in [1.165, 1.54) is 116 Å². The van der Waals surface area contributed by atoms with Gasteiger partial charge in [-0.3, -0.25) is 0 Å². The maximum Gasteiger partial charge on any atom is 0.336 e. The summed E-state index contributed by atoms with van der Waals surface area (Å²) in [6.45, 7) is 14.3. The summed E-state index contributed by atoms with van der Waals surface area (Å²) in [6.07, 6.45) is 2.39. The van der Waals surface area contributed by atoms with Crippen molar-refractivity contribution in [3.05, 3.63) is 125 Å². The number of para-hydroxylation sites is 2. The molecule has 0 radical (unpaired) electrons. The van der Waals surface area contributed by atoms with Crippen LogP contribution in [0.3, 0.4) is 0 Å². The summed E-state index contributed by atoms with van der Waals surface area (Å²) in [5, 5.41) is 6.31. The first-order valence-corrected chi connectivity index (χ1v) is 19.9. The first kappa shape index (κ1) is 30.2. The Kier molecular flexibility index (Phi) is 5.61. The highest BCUT2D eigenvalue weighted by molar-refractivity contribution is 7.26. The van der Waals surface area contributed by atoms with Gasteiger partial charge in [0.25, 0.3) is 0 Å². The fourth-order valence-corrected chi connectivity index (χ4v) is 11.6. The van der Waals surface area contributed by atoms with E-state index in [1.54, 1.807) is 0 Å². The van der Waals surface area contributed by atoms with Gasteiger partial charge in [0.1, 0.15) is 5.58 Å². The molecule has 0 atom stereocenters. The molecule has 0 N–H and O–H groups in total. The molecule has 9 aromatic rings. The molecule has 1 aliphatic carbocycles. The van der Waals surface area contributed by atoms with Gasteiger partial charge in [0, 0.05) is 59.1 Å². The van der Waals surface area contributed by atoms with Crippen LogP contribution in [-0.4, -0.2) is 11.3 Å². The third-order valence-electron chi connectivity index (χ3n) is 13.2. The predicted molar refractivity (Wildman–Crippen MR) is 227 cm³/mol. The van der Waals surface area contributed by atoms with E-state index in [0.29, 0.717) is 0 Å². The van der Waals surface area contributed by atoms with E-state index in [4.69, 9.17) is 4.42 Å². The van der Waals surface area contributed by atoms with Gasteiger partial charge in [0.15, 0.2) is 5.71 Å². The number of nitrogens with zero attached hydrogens (tertiary/aromatic N) is 2. The molecule has 5 heteroatoms. The molecule has 0 saturated carbocycles. The van der Waals surface area contributed by atoms with Gasteiger partial charge in [-0.05, 0) is 113 Å². The van der Waals surface area contributed by atoms with Crippen LogP contribution in [0.4, 0.5) is 17.1 Å². The zero-order valence-electron chi connectivity index (χ0n) is 31.0. The second kappa shape index (κ2) is 9.83. The average molecular weight is 703 g/mol. The second-order valence-electron chi connectivity index (χ2n) is 17.3. The Bertz CT molecular complexity index is 3120. The summed E-state index contributed by atoms with van der Waals surface area (Å²) in [7, 11) is 0. The highest BCUT2D eigenvalue weighted by Crippen LogP contribution is 2.52. The van der Waals surface area contributed by atoms with Crippen molar-refractivity contribution >= 4 is 99.3 Å². The lowest BCUT2D eigenvalue weighted by molar-refractivity contribution is 0.332. The summed E-state index contributed by atoms with van der Waals surface area (Å²) in [5.74, 6) is 0. The van der Waals surface area contributed by atoms with E-state index in [2.05, 4.69) is 154 Å². The Morgan fingerprint density at radius 3 is 2.21 bits per heavy atom. The Morgan fingerprint density at radius 2 is 1.38 bits per heavy atom. The third kappa shape index (κ3) is 3.76. The van der Waals surface area contributed by atoms with Crippen LogP contribution in [0.1, 0.15) is 62.8 Å². The van der Waals surface area contributed by atoms with E-state index in [1.807, 2.05) is 11.3 Å². The molecular weight excluding hydrogens is 663 g/mol. The molecule has 256 valence electrons. The largest absolute Gasteiger partial charge is 0.441 e. The molecule has 0 saturated heterocycles. The molecule has 12 rings (SSSR count). The Morgan fingerprint density at radius 1 is 0.642 bits per heavy atom. The van der Waals surface area contributed by atoms with E-state index >= 15 is 0 Å². The molecule has 0 amide bonds. The zero-order valence-corrected chi connectivity index (χ0v) is 31.8. The maximum absolute atomic E-state index is 6.92. The number of hydrogen-bond acceptors (Lipinski definition) is 3. The lowest BCUT2D eigenvalue weighted by Gasteiger charge is -2.44. The van der Waals surface area contributed by atoms with Crippen LogP contribution in [0, 0.1) is 13.8 Å². The monoisotopic (exact) mass is 702 g/mol. The van der Waals surface area contributed by atoms with Crippen molar-refractivity contribution in [2.45, 2.75) is 65.2 Å². The number of rotatable bonds is 1. The first-order chi connectivity index (χ1) is 25.6. The molecule has 3 aliphatic rings. The molecule has 3 nitrogen and oxygen atoms in total. The third-order valence-corrected chi connectivity index (χ3v) is 14.3. The topological polar surface area (TPSA) is 21.3 Å². The number of furan rings is 1. The van der Waals surface area contributed by atoms with Crippen molar-refractivity contribution in [3.63, 3.8) is 0 Å². The molecule has 53 heavy (non-hydrogen) atoms. The minimum Gasteiger partial charge on any atom is -0.441 e. The lowest BCUT2D eigenvalue weighted by atomic mass is 9.45. The van der Waals surface area contributed by atoms with Gasteiger partial charge < -0.3 is 13.8 Å². The van der Waals surface area contributed by atoms with Gasteiger partial charge in [-0.1, -0.05) is 94.4 Å². The standard InChI is InChI=1S/C48H39BN2OS/c1-26-20-33-29-14-11-15-31-43-30-13-7-9-16-40(30)52-46(43)51(45(29)31)49-36-25-42-32(28-12-8-10-17-41(28)53-42)23-38(36)50(39(21-26)44(33)49)37-24-35-34(22-27(37)2)47(3,4)18-19-48(35,5)6/h7-17,20-25H,18-19H2,1-6H3. The number of hydrogen-bond donors (Lipinski definition) is 0. The molecular formula is C48H39BN2OS. The predicted octanol–water partition coefficient (Wildman–Crippen LogP) is 12.3. The Balaban J connectivity index is 1.25. The molecule has 6 aromatic carbocycles. The number of aromatic nitrogens is 1. The number of benzene rings is 6. The molecule has 5 heterocycles. The summed E-state index contributed by atoms with van der Waals surface area (Å²) < 4.78 is 12.1. The fraction of sp³-hybridized carbons (Fsp3) is 0.208. The number of thiophene rings is 1. The normalized spacial score (nSPS) is 16.6. The molecule has 0 bridgehead atoms. The smallest absolute Gasteiger partial charge is 0.336 e. The van der Waals surface area contributed by atoms with Crippen molar-refractivity contribution in [2.24, 2.45) is 0 Å². The van der Waals surface area contributed by atoms with Crippen LogP contribution in [0.15, 0.2) is 108 Å². The number of aryl methyl sites for hydroxylation is 2. The van der Waals surface area contributed by atoms with Crippen LogP contribution in [0.5, 0.6) is 0 Å². The highest BCUT2D eigenvalue weighted by atomic mass is 32.1. The lowest BCUT2D eigenvalue weighted by Crippen LogP contribution is -2.56. The summed E-state index contributed by atoms with van der Waals surface area (Å²) in [6, 6.07) is 39.4. The maximum atomic E-state index is 6.92. The zero-order chi connectivity index (χ0) is 35.7. The van der Waals surface area contributed by atoms with Crippen molar-refractivity contribution in [3.8, 4) is 11.1 Å². The summed E-state index contributed by atoms with van der Waals surface area (Å²) >= 11 is 1.91. The van der Waals surface area contributed by atoms with Crippen LogP contribution in [0.2, 0.25) is 0 Å². The van der Waals surface area contributed by atoms with Gasteiger partial charge in [-0.25, -0.2) is 0 Å².